The van der Waals surface area contributed by atoms with E-state index < -0.39 is 13.6 Å². The molecule has 0 saturated carbocycles. The van der Waals surface area contributed by atoms with Crippen molar-refractivity contribution in [3.8, 4) is 0 Å². The zero-order chi connectivity index (χ0) is 12.6. The van der Waals surface area contributed by atoms with E-state index in [0.717, 1.165) is 15.8 Å². The molecule has 3 nitrogen and oxygen atoms in total. The molecule has 0 unspecified atom stereocenters. The Morgan fingerprint density at radius 2 is 1.62 bits per heavy atom. The number of allylic oxidation sites excluding steroid dienone is 1. The van der Waals surface area contributed by atoms with Gasteiger partial charge in [0.15, 0.2) is 0 Å². The van der Waals surface area contributed by atoms with Gasteiger partial charge in [0.05, 0.1) is 0 Å². The SMILES string of the molecule is CCOC(=O)/C=C(\C)[O][Ge]([CH2]C)([CH2]C)[CH2]C. The molecule has 0 amide bonds. The maximum absolute atomic E-state index is 11.2. The Balaban J connectivity index is 4.50. The Kier molecular flexibility index (Phi) is 7.55. The van der Waals surface area contributed by atoms with Crippen LogP contribution in [0.5, 0.6) is 0 Å². The van der Waals surface area contributed by atoms with Crippen molar-refractivity contribution >= 4 is 19.6 Å². The third-order valence-corrected chi connectivity index (χ3v) is 12.6. The van der Waals surface area contributed by atoms with E-state index in [4.69, 9.17) is 8.50 Å². The molecule has 0 rings (SSSR count). The minimum absolute atomic E-state index is 0.306. The predicted octanol–water partition coefficient (Wildman–Crippen LogP) is 3.48. The van der Waals surface area contributed by atoms with Gasteiger partial charge in [-0.25, -0.2) is 0 Å². The van der Waals surface area contributed by atoms with Crippen LogP contribution in [0.4, 0.5) is 0 Å². The monoisotopic (exact) mass is 290 g/mol. The molecule has 0 aromatic carbocycles. The van der Waals surface area contributed by atoms with Crippen LogP contribution in [0.15, 0.2) is 11.8 Å². The van der Waals surface area contributed by atoms with Gasteiger partial charge in [0.1, 0.15) is 0 Å². The summed E-state index contributed by atoms with van der Waals surface area (Å²) in [6.45, 7) is 10.6. The molecule has 16 heavy (non-hydrogen) atoms. The van der Waals surface area contributed by atoms with Gasteiger partial charge in [-0.3, -0.25) is 0 Å². The molecule has 0 aromatic heterocycles. The van der Waals surface area contributed by atoms with Gasteiger partial charge in [-0.05, 0) is 0 Å². The number of carbonyl (C=O) groups excluding carboxylic acids is 1. The van der Waals surface area contributed by atoms with E-state index in [1.54, 1.807) is 6.92 Å². The van der Waals surface area contributed by atoms with E-state index in [1.165, 1.54) is 6.08 Å². The first-order valence-electron chi connectivity index (χ1n) is 6.07. The van der Waals surface area contributed by atoms with E-state index >= 15 is 0 Å². The summed E-state index contributed by atoms with van der Waals surface area (Å²) in [4.78, 5) is 11.2. The van der Waals surface area contributed by atoms with Crippen LogP contribution < -0.4 is 0 Å². The molecule has 0 radical (unpaired) electrons. The Morgan fingerprint density at radius 1 is 1.12 bits per heavy atom. The zero-order valence-corrected chi connectivity index (χ0v) is 13.2. The fourth-order valence-corrected chi connectivity index (χ4v) is 7.30. The molecule has 0 spiro atoms. The van der Waals surface area contributed by atoms with Crippen LogP contribution in [-0.4, -0.2) is 26.2 Å². The maximum atomic E-state index is 11.2. The first-order chi connectivity index (χ1) is 7.53. The van der Waals surface area contributed by atoms with Gasteiger partial charge in [0.2, 0.25) is 0 Å². The zero-order valence-electron chi connectivity index (χ0n) is 11.1. The Morgan fingerprint density at radius 3 is 2.00 bits per heavy atom. The van der Waals surface area contributed by atoms with Crippen molar-refractivity contribution in [2.24, 2.45) is 0 Å². The van der Waals surface area contributed by atoms with Crippen molar-refractivity contribution in [2.45, 2.75) is 50.4 Å². The molecule has 0 heterocycles. The third-order valence-electron chi connectivity index (χ3n) is 2.92. The number of carbonyl (C=O) groups is 1. The summed E-state index contributed by atoms with van der Waals surface area (Å²) in [5.41, 5.74) is 0. The van der Waals surface area contributed by atoms with Crippen LogP contribution in [0.25, 0.3) is 0 Å². The second-order valence-electron chi connectivity index (χ2n) is 3.85. The topological polar surface area (TPSA) is 35.5 Å². The summed E-state index contributed by atoms with van der Waals surface area (Å²) in [6.07, 6.45) is 1.46. The molecule has 0 aliphatic heterocycles. The standard InChI is InChI=1S/C12H24GeO3/c1-6-13(7-2,8-3)16-11(5)10-12(14)15-9-4/h10H,6-9H2,1-5H3/b11-10+. The van der Waals surface area contributed by atoms with Gasteiger partial charge in [-0.15, -0.1) is 0 Å². The fourth-order valence-electron chi connectivity index (χ4n) is 1.69. The third kappa shape index (κ3) is 5.06. The van der Waals surface area contributed by atoms with Crippen LogP contribution >= 0.6 is 0 Å². The average molecular weight is 289 g/mol. The van der Waals surface area contributed by atoms with Crippen LogP contribution in [0.1, 0.15) is 34.6 Å². The van der Waals surface area contributed by atoms with Gasteiger partial charge in [-0.1, -0.05) is 0 Å². The molecular formula is C12H24GeO3. The number of hydrogen-bond donors (Lipinski definition) is 0. The van der Waals surface area contributed by atoms with Gasteiger partial charge in [-0.2, -0.15) is 0 Å². The van der Waals surface area contributed by atoms with Crippen LogP contribution in [0, 0.1) is 0 Å². The molecule has 0 aliphatic carbocycles. The molecular weight excluding hydrogens is 265 g/mol. The van der Waals surface area contributed by atoms with Crippen molar-refractivity contribution in [2.75, 3.05) is 6.61 Å². The van der Waals surface area contributed by atoms with Gasteiger partial charge >= 0.3 is 102 Å². The molecule has 0 atom stereocenters. The van der Waals surface area contributed by atoms with Gasteiger partial charge in [0.25, 0.3) is 0 Å². The Labute approximate surface area is 102 Å². The van der Waals surface area contributed by atoms with Crippen molar-refractivity contribution in [1.29, 1.82) is 0 Å². The van der Waals surface area contributed by atoms with Gasteiger partial charge < -0.3 is 0 Å². The average Bonchev–Trinajstić information content (AvgIpc) is 2.26. The normalized spacial score (nSPS) is 12.4. The quantitative estimate of drug-likeness (QED) is 0.311. The van der Waals surface area contributed by atoms with E-state index in [2.05, 4.69) is 20.8 Å². The van der Waals surface area contributed by atoms with Crippen LogP contribution in [0.3, 0.4) is 0 Å². The fraction of sp³-hybridized carbons (Fsp3) is 0.750. The summed E-state index contributed by atoms with van der Waals surface area (Å²) in [6, 6.07) is 0. The minimum atomic E-state index is -2.17. The van der Waals surface area contributed by atoms with Crippen molar-refractivity contribution in [3.63, 3.8) is 0 Å². The molecule has 0 fully saturated rings. The molecule has 0 aromatic rings. The second kappa shape index (κ2) is 7.77. The first kappa shape index (κ1) is 15.6. The molecule has 0 saturated heterocycles. The van der Waals surface area contributed by atoms with Crippen LogP contribution in [0.2, 0.25) is 15.8 Å². The van der Waals surface area contributed by atoms with Crippen molar-refractivity contribution in [3.05, 3.63) is 11.8 Å². The van der Waals surface area contributed by atoms with Gasteiger partial charge in [0, 0.05) is 0 Å². The summed E-state index contributed by atoms with van der Waals surface area (Å²) < 4.78 is 10.9. The molecule has 0 N–H and O–H groups in total. The second-order valence-corrected chi connectivity index (χ2v) is 13.7. The number of hydrogen-bond acceptors (Lipinski definition) is 3. The van der Waals surface area contributed by atoms with E-state index in [1.807, 2.05) is 6.92 Å². The van der Waals surface area contributed by atoms with E-state index in [9.17, 15) is 4.79 Å². The van der Waals surface area contributed by atoms with E-state index in [-0.39, 0.29) is 5.97 Å². The molecule has 4 heteroatoms. The first-order valence-corrected chi connectivity index (χ1v) is 11.4. The molecule has 0 bridgehead atoms. The molecule has 0 aliphatic rings. The Bertz CT molecular complexity index is 236. The predicted molar refractivity (Wildman–Crippen MR) is 68.7 cm³/mol. The summed E-state index contributed by atoms with van der Waals surface area (Å²) in [5, 5.41) is 3.38. The van der Waals surface area contributed by atoms with E-state index in [0.29, 0.717) is 12.4 Å². The Hall–Kier alpha value is -0.447. The van der Waals surface area contributed by atoms with Crippen molar-refractivity contribution in [1.82, 2.24) is 0 Å². The molecule has 94 valence electrons. The van der Waals surface area contributed by atoms with Crippen molar-refractivity contribution < 1.29 is 13.3 Å². The summed E-state index contributed by atoms with van der Waals surface area (Å²) in [5.74, 6) is 0.406. The van der Waals surface area contributed by atoms with Crippen LogP contribution in [-0.2, 0) is 13.3 Å². The number of rotatable bonds is 7. The summed E-state index contributed by atoms with van der Waals surface area (Å²) in [7, 11) is 0. The number of ether oxygens (including phenoxy) is 1. The summed E-state index contributed by atoms with van der Waals surface area (Å²) >= 11 is -2.17. The number of esters is 1.